The molecular formula is C21H17ClF2N2O4S. The maximum Gasteiger partial charge on any atom is 0.387 e. The van der Waals surface area contributed by atoms with Gasteiger partial charge in [-0.25, -0.2) is 8.42 Å². The Morgan fingerprint density at radius 2 is 1.71 bits per heavy atom. The molecule has 0 saturated heterocycles. The van der Waals surface area contributed by atoms with Crippen molar-refractivity contribution in [2.45, 2.75) is 18.4 Å². The van der Waals surface area contributed by atoms with Crippen LogP contribution in [0.4, 0.5) is 20.2 Å². The van der Waals surface area contributed by atoms with Gasteiger partial charge in [-0.15, -0.1) is 0 Å². The summed E-state index contributed by atoms with van der Waals surface area (Å²) >= 11 is 5.87. The Bertz CT molecular complexity index is 1200. The number of anilines is 2. The Hall–Kier alpha value is -3.17. The van der Waals surface area contributed by atoms with E-state index in [1.54, 1.807) is 31.2 Å². The van der Waals surface area contributed by atoms with E-state index in [1.165, 1.54) is 42.5 Å². The van der Waals surface area contributed by atoms with Crippen LogP contribution in [0.2, 0.25) is 5.02 Å². The van der Waals surface area contributed by atoms with E-state index in [0.717, 1.165) is 5.56 Å². The number of carbonyl (C=O) groups is 1. The second-order valence-electron chi connectivity index (χ2n) is 6.42. The number of hydrogen-bond acceptors (Lipinski definition) is 4. The van der Waals surface area contributed by atoms with Gasteiger partial charge < -0.3 is 10.1 Å². The first kappa shape index (κ1) is 22.5. The summed E-state index contributed by atoms with van der Waals surface area (Å²) in [6.45, 7) is -1.24. The highest BCUT2D eigenvalue weighted by molar-refractivity contribution is 7.92. The molecule has 0 aromatic heterocycles. The normalized spacial score (nSPS) is 11.3. The summed E-state index contributed by atoms with van der Waals surface area (Å²) in [5.41, 5.74) is 1.68. The first-order valence-corrected chi connectivity index (χ1v) is 10.8. The van der Waals surface area contributed by atoms with Gasteiger partial charge in [0.05, 0.1) is 15.6 Å². The third kappa shape index (κ3) is 5.71. The first-order valence-electron chi connectivity index (χ1n) is 8.90. The van der Waals surface area contributed by atoms with Crippen molar-refractivity contribution in [3.63, 3.8) is 0 Å². The second kappa shape index (κ2) is 9.32. The summed E-state index contributed by atoms with van der Waals surface area (Å²) in [6, 6.07) is 16.1. The summed E-state index contributed by atoms with van der Waals surface area (Å²) in [5.74, 6) is -0.750. The van der Waals surface area contributed by atoms with Crippen LogP contribution in [0.15, 0.2) is 71.6 Å². The van der Waals surface area contributed by atoms with E-state index in [2.05, 4.69) is 14.8 Å². The Morgan fingerprint density at radius 1 is 1.03 bits per heavy atom. The molecule has 0 aliphatic carbocycles. The number of hydrogen-bond donors (Lipinski definition) is 2. The number of halogens is 3. The van der Waals surface area contributed by atoms with Gasteiger partial charge in [0, 0.05) is 11.3 Å². The fourth-order valence-electron chi connectivity index (χ4n) is 2.65. The molecule has 0 spiro atoms. The first-order chi connectivity index (χ1) is 14.7. The Kier molecular flexibility index (Phi) is 6.77. The summed E-state index contributed by atoms with van der Waals surface area (Å²) in [4.78, 5) is 12.4. The number of nitrogens with one attached hydrogen (secondary N) is 2. The zero-order valence-corrected chi connectivity index (χ0v) is 17.7. The van der Waals surface area contributed by atoms with Gasteiger partial charge in [-0.05, 0) is 61.0 Å². The van der Waals surface area contributed by atoms with E-state index >= 15 is 0 Å². The lowest BCUT2D eigenvalue weighted by Gasteiger charge is -2.11. The number of carbonyl (C=O) groups excluding carboxylic acids is 1. The van der Waals surface area contributed by atoms with Gasteiger partial charge in [-0.2, -0.15) is 8.78 Å². The standard InChI is InChI=1S/C21H17ClF2N2O4S/c1-13-4-2-3-5-18(13)26-31(28,29)16-9-6-14(7-10-16)20(27)25-15-8-11-19(17(22)12-15)30-21(23)24/h2-12,21,26H,1H3,(H,25,27). The number of para-hydroxylation sites is 1. The highest BCUT2D eigenvalue weighted by atomic mass is 35.5. The molecule has 6 nitrogen and oxygen atoms in total. The lowest BCUT2D eigenvalue weighted by atomic mass is 10.2. The maximum atomic E-state index is 12.6. The summed E-state index contributed by atoms with van der Waals surface area (Å²) < 4.78 is 56.5. The average Bonchev–Trinajstić information content (AvgIpc) is 2.71. The van der Waals surface area contributed by atoms with E-state index in [1.807, 2.05) is 0 Å². The summed E-state index contributed by atoms with van der Waals surface area (Å²) in [6.07, 6.45) is 0. The van der Waals surface area contributed by atoms with E-state index in [9.17, 15) is 22.0 Å². The zero-order chi connectivity index (χ0) is 22.6. The molecule has 3 rings (SSSR count). The molecule has 0 heterocycles. The molecule has 0 bridgehead atoms. The quantitative estimate of drug-likeness (QED) is 0.494. The monoisotopic (exact) mass is 466 g/mol. The van der Waals surface area contributed by atoms with E-state index in [0.29, 0.717) is 5.69 Å². The van der Waals surface area contributed by atoms with Crippen molar-refractivity contribution >= 4 is 38.9 Å². The van der Waals surface area contributed by atoms with Crippen LogP contribution < -0.4 is 14.8 Å². The SMILES string of the molecule is Cc1ccccc1NS(=O)(=O)c1ccc(C(=O)Nc2ccc(OC(F)F)c(Cl)c2)cc1. The van der Waals surface area contributed by atoms with Gasteiger partial charge in [0.25, 0.3) is 15.9 Å². The second-order valence-corrected chi connectivity index (χ2v) is 8.51. The third-order valence-electron chi connectivity index (χ3n) is 4.22. The van der Waals surface area contributed by atoms with Crippen molar-refractivity contribution in [2.75, 3.05) is 10.0 Å². The Morgan fingerprint density at radius 3 is 2.32 bits per heavy atom. The minimum Gasteiger partial charge on any atom is -0.433 e. The molecule has 3 aromatic carbocycles. The number of benzene rings is 3. The predicted octanol–water partition coefficient (Wildman–Crippen LogP) is 5.30. The molecule has 0 radical (unpaired) electrons. The number of rotatable bonds is 7. The lowest BCUT2D eigenvalue weighted by Crippen LogP contribution is -2.15. The topological polar surface area (TPSA) is 84.5 Å². The lowest BCUT2D eigenvalue weighted by molar-refractivity contribution is -0.0497. The van der Waals surface area contributed by atoms with Crippen LogP contribution in [0.1, 0.15) is 15.9 Å². The van der Waals surface area contributed by atoms with E-state index in [-0.39, 0.29) is 26.9 Å². The number of ether oxygens (including phenoxy) is 1. The van der Waals surface area contributed by atoms with Crippen LogP contribution in [0.25, 0.3) is 0 Å². The molecule has 162 valence electrons. The van der Waals surface area contributed by atoms with Gasteiger partial charge >= 0.3 is 6.61 Å². The minimum atomic E-state index is -3.83. The summed E-state index contributed by atoms with van der Waals surface area (Å²) in [5, 5.41) is 2.46. The van der Waals surface area contributed by atoms with Crippen LogP contribution >= 0.6 is 11.6 Å². The largest absolute Gasteiger partial charge is 0.433 e. The van der Waals surface area contributed by atoms with Crippen molar-refractivity contribution in [3.05, 3.63) is 82.9 Å². The van der Waals surface area contributed by atoms with Gasteiger partial charge in [-0.1, -0.05) is 29.8 Å². The van der Waals surface area contributed by atoms with E-state index in [4.69, 9.17) is 11.6 Å². The number of amides is 1. The molecule has 2 N–H and O–H groups in total. The number of sulfonamides is 1. The van der Waals surface area contributed by atoms with Gasteiger partial charge in [-0.3, -0.25) is 9.52 Å². The van der Waals surface area contributed by atoms with Crippen molar-refractivity contribution in [2.24, 2.45) is 0 Å². The Balaban J connectivity index is 1.71. The number of alkyl halides is 2. The molecule has 0 unspecified atom stereocenters. The van der Waals surface area contributed by atoms with Crippen LogP contribution in [0.5, 0.6) is 5.75 Å². The fraction of sp³-hybridized carbons (Fsp3) is 0.0952. The molecule has 1 amide bonds. The van der Waals surface area contributed by atoms with Crippen LogP contribution in [0, 0.1) is 6.92 Å². The van der Waals surface area contributed by atoms with Crippen molar-refractivity contribution < 1.29 is 26.7 Å². The Labute approximate surface area is 182 Å². The molecule has 0 fully saturated rings. The molecule has 0 aliphatic rings. The molecular weight excluding hydrogens is 450 g/mol. The van der Waals surface area contributed by atoms with Gasteiger partial charge in [0.2, 0.25) is 0 Å². The third-order valence-corrected chi connectivity index (χ3v) is 5.90. The van der Waals surface area contributed by atoms with Crippen molar-refractivity contribution in [3.8, 4) is 5.75 Å². The van der Waals surface area contributed by atoms with Crippen molar-refractivity contribution in [1.29, 1.82) is 0 Å². The molecule has 3 aromatic rings. The van der Waals surface area contributed by atoms with E-state index < -0.39 is 22.5 Å². The number of aryl methyl sites for hydroxylation is 1. The van der Waals surface area contributed by atoms with Crippen LogP contribution in [-0.2, 0) is 10.0 Å². The maximum absolute atomic E-state index is 12.6. The average molecular weight is 467 g/mol. The van der Waals surface area contributed by atoms with Gasteiger partial charge in [0.15, 0.2) is 0 Å². The smallest absolute Gasteiger partial charge is 0.387 e. The van der Waals surface area contributed by atoms with Crippen molar-refractivity contribution in [1.82, 2.24) is 0 Å². The highest BCUT2D eigenvalue weighted by Crippen LogP contribution is 2.29. The molecule has 10 heteroatoms. The zero-order valence-electron chi connectivity index (χ0n) is 16.1. The minimum absolute atomic E-state index is 0.0103. The summed E-state index contributed by atoms with van der Waals surface area (Å²) in [7, 11) is -3.83. The van der Waals surface area contributed by atoms with Gasteiger partial charge in [0.1, 0.15) is 5.75 Å². The fourth-order valence-corrected chi connectivity index (χ4v) is 4.01. The molecule has 0 aliphatic heterocycles. The van der Waals surface area contributed by atoms with Crippen LogP contribution in [-0.4, -0.2) is 20.9 Å². The van der Waals surface area contributed by atoms with Crippen LogP contribution in [0.3, 0.4) is 0 Å². The predicted molar refractivity (Wildman–Crippen MR) is 114 cm³/mol. The molecule has 0 saturated carbocycles. The molecule has 31 heavy (non-hydrogen) atoms. The highest BCUT2D eigenvalue weighted by Gasteiger charge is 2.17. The molecule has 0 atom stereocenters.